The van der Waals surface area contributed by atoms with E-state index < -0.39 is 0 Å². The van der Waals surface area contributed by atoms with Gasteiger partial charge in [0, 0.05) is 0 Å². The zero-order valence-electron chi connectivity index (χ0n) is 13.0. The third-order valence-electron chi connectivity index (χ3n) is 7.15. The van der Waals surface area contributed by atoms with Gasteiger partial charge < -0.3 is 5.73 Å². The molecule has 2 N–H and O–H groups in total. The summed E-state index contributed by atoms with van der Waals surface area (Å²) in [6, 6.07) is 10.7. The van der Waals surface area contributed by atoms with Crippen molar-refractivity contribution in [3.8, 4) is 0 Å². The van der Waals surface area contributed by atoms with Crippen LogP contribution < -0.4 is 5.73 Å². The van der Waals surface area contributed by atoms with Crippen molar-refractivity contribution in [3.05, 3.63) is 35.9 Å². The number of carbonyl (C=O) groups excluding carboxylic acids is 1. The minimum Gasteiger partial charge on any atom is -0.369 e. The van der Waals surface area contributed by atoms with Crippen molar-refractivity contribution in [2.45, 2.75) is 45.4 Å². The molecule has 1 aromatic rings. The minimum atomic E-state index is -0.238. The van der Waals surface area contributed by atoms with Gasteiger partial charge in [0.2, 0.25) is 5.91 Å². The summed E-state index contributed by atoms with van der Waals surface area (Å²) in [4.78, 5) is 12.3. The van der Waals surface area contributed by atoms with Gasteiger partial charge >= 0.3 is 0 Å². The molecule has 0 aromatic heterocycles. The molecular weight excluding hydrogens is 258 g/mol. The molecule has 4 rings (SSSR count). The molecular formula is C19H25NO. The maximum Gasteiger partial charge on any atom is 0.223 e. The molecule has 0 radical (unpaired) electrons. The summed E-state index contributed by atoms with van der Waals surface area (Å²) in [7, 11) is 0. The minimum absolute atomic E-state index is 0.0470. The van der Waals surface area contributed by atoms with Crippen LogP contribution in [0.25, 0.3) is 0 Å². The molecule has 0 spiro atoms. The molecule has 5 atom stereocenters. The van der Waals surface area contributed by atoms with Crippen molar-refractivity contribution in [2.75, 3.05) is 0 Å². The number of hydrogen-bond acceptors (Lipinski definition) is 1. The number of benzene rings is 1. The van der Waals surface area contributed by atoms with Gasteiger partial charge in [0.25, 0.3) is 0 Å². The summed E-state index contributed by atoms with van der Waals surface area (Å²) in [6.45, 7) is 4.81. The lowest BCUT2D eigenvalue weighted by Gasteiger charge is -2.57. The highest BCUT2D eigenvalue weighted by Crippen LogP contribution is 2.72. The fourth-order valence-electron chi connectivity index (χ4n) is 5.98. The monoisotopic (exact) mass is 283 g/mol. The zero-order chi connectivity index (χ0) is 14.8. The van der Waals surface area contributed by atoms with Crippen LogP contribution in [0.4, 0.5) is 0 Å². The molecule has 2 nitrogen and oxygen atoms in total. The average Bonchev–Trinajstić information content (AvgIpc) is 2.71. The predicted molar refractivity (Wildman–Crippen MR) is 83.5 cm³/mol. The first-order chi connectivity index (χ1) is 9.94. The quantitative estimate of drug-likeness (QED) is 0.883. The van der Waals surface area contributed by atoms with Crippen molar-refractivity contribution in [1.82, 2.24) is 0 Å². The highest BCUT2D eigenvalue weighted by atomic mass is 16.1. The number of primary amides is 1. The predicted octanol–water partition coefficient (Wildman–Crippen LogP) is 3.72. The van der Waals surface area contributed by atoms with E-state index in [9.17, 15) is 4.79 Å². The average molecular weight is 283 g/mol. The van der Waals surface area contributed by atoms with Gasteiger partial charge in [0.05, 0.1) is 5.41 Å². The first kappa shape index (κ1) is 13.4. The van der Waals surface area contributed by atoms with Gasteiger partial charge in [-0.3, -0.25) is 4.79 Å². The summed E-state index contributed by atoms with van der Waals surface area (Å²) < 4.78 is 0. The topological polar surface area (TPSA) is 43.1 Å². The van der Waals surface area contributed by atoms with Crippen LogP contribution in [-0.2, 0) is 4.79 Å². The van der Waals surface area contributed by atoms with E-state index in [-0.39, 0.29) is 11.3 Å². The van der Waals surface area contributed by atoms with Gasteiger partial charge in [0.15, 0.2) is 0 Å². The van der Waals surface area contributed by atoms with Crippen LogP contribution in [0, 0.1) is 28.6 Å². The van der Waals surface area contributed by atoms with Crippen LogP contribution in [0.1, 0.15) is 51.0 Å². The lowest BCUT2D eigenvalue weighted by molar-refractivity contribution is -0.129. The third kappa shape index (κ3) is 1.68. The Hall–Kier alpha value is -1.31. The van der Waals surface area contributed by atoms with E-state index in [2.05, 4.69) is 44.2 Å². The maximum atomic E-state index is 12.3. The van der Waals surface area contributed by atoms with Crippen molar-refractivity contribution in [3.63, 3.8) is 0 Å². The van der Waals surface area contributed by atoms with Gasteiger partial charge in [-0.15, -0.1) is 0 Å². The Balaban J connectivity index is 1.75. The number of nitrogens with two attached hydrogens (primary N) is 1. The molecule has 112 valence electrons. The molecule has 3 saturated carbocycles. The van der Waals surface area contributed by atoms with Crippen LogP contribution in [0.2, 0.25) is 0 Å². The van der Waals surface area contributed by atoms with Gasteiger partial charge in [-0.05, 0) is 60.3 Å². The highest BCUT2D eigenvalue weighted by Gasteiger charge is 2.67. The summed E-state index contributed by atoms with van der Waals surface area (Å²) in [5.41, 5.74) is 7.42. The van der Waals surface area contributed by atoms with E-state index in [1.165, 1.54) is 12.0 Å². The molecule has 3 fully saturated rings. The Bertz CT molecular complexity index is 578. The van der Waals surface area contributed by atoms with Gasteiger partial charge in [-0.2, -0.15) is 0 Å². The molecule has 0 heterocycles. The van der Waals surface area contributed by atoms with E-state index in [4.69, 9.17) is 5.73 Å². The van der Waals surface area contributed by atoms with Gasteiger partial charge in [0.1, 0.15) is 0 Å². The highest BCUT2D eigenvalue weighted by molar-refractivity contribution is 5.81. The smallest absolute Gasteiger partial charge is 0.223 e. The van der Waals surface area contributed by atoms with Gasteiger partial charge in [-0.1, -0.05) is 44.2 Å². The maximum absolute atomic E-state index is 12.3. The van der Waals surface area contributed by atoms with Crippen molar-refractivity contribution < 1.29 is 4.79 Å². The third-order valence-corrected chi connectivity index (χ3v) is 7.15. The Morgan fingerprint density at radius 3 is 2.48 bits per heavy atom. The van der Waals surface area contributed by atoms with Crippen LogP contribution in [0.15, 0.2) is 30.3 Å². The number of carbonyl (C=O) groups is 1. The Morgan fingerprint density at radius 1 is 1.10 bits per heavy atom. The molecule has 21 heavy (non-hydrogen) atoms. The van der Waals surface area contributed by atoms with E-state index in [0.717, 1.165) is 31.1 Å². The summed E-state index contributed by atoms with van der Waals surface area (Å²) >= 11 is 0. The number of fused-ring (bicyclic) bond motifs is 1. The second-order valence-electron chi connectivity index (χ2n) is 8.30. The molecule has 3 aliphatic rings. The lowest BCUT2D eigenvalue weighted by atomic mass is 9.47. The number of hydrogen-bond donors (Lipinski definition) is 1. The molecule has 2 heteroatoms. The molecule has 5 unspecified atom stereocenters. The fourth-order valence-corrected chi connectivity index (χ4v) is 5.98. The Labute approximate surface area is 127 Å². The SMILES string of the molecule is CC1(C)C2CC(c3ccccc3)CC3(C(N)=O)CC2C1C3. The van der Waals surface area contributed by atoms with Crippen molar-refractivity contribution in [1.29, 1.82) is 0 Å². The molecule has 3 aliphatic carbocycles. The lowest BCUT2D eigenvalue weighted by Crippen LogP contribution is -2.51. The first-order valence-electron chi connectivity index (χ1n) is 8.29. The van der Waals surface area contributed by atoms with Crippen molar-refractivity contribution in [2.24, 2.45) is 34.3 Å². The van der Waals surface area contributed by atoms with E-state index in [1.807, 2.05) is 0 Å². The van der Waals surface area contributed by atoms with Crippen molar-refractivity contribution >= 4 is 5.91 Å². The van der Waals surface area contributed by atoms with Crippen LogP contribution in [0.3, 0.4) is 0 Å². The normalized spacial score (nSPS) is 43.0. The van der Waals surface area contributed by atoms with Gasteiger partial charge in [-0.25, -0.2) is 0 Å². The fraction of sp³-hybridized carbons (Fsp3) is 0.632. The Morgan fingerprint density at radius 2 is 1.81 bits per heavy atom. The van der Waals surface area contributed by atoms with Crippen LogP contribution in [0.5, 0.6) is 0 Å². The molecule has 1 aromatic carbocycles. The standard InChI is InChI=1S/C19H25NO/c1-18(2)15-8-13(12-6-4-3-5-7-12)9-19(17(20)21)10-14(15)16(18)11-19/h3-7,13-16H,8-11H2,1-2H3,(H2,20,21). The molecule has 1 amide bonds. The number of amides is 1. The first-order valence-corrected chi connectivity index (χ1v) is 8.29. The largest absolute Gasteiger partial charge is 0.369 e. The van der Waals surface area contributed by atoms with E-state index >= 15 is 0 Å². The zero-order valence-corrected chi connectivity index (χ0v) is 13.0. The summed E-state index contributed by atoms with van der Waals surface area (Å²) in [5, 5.41) is 0. The molecule has 0 aliphatic heterocycles. The van der Waals surface area contributed by atoms with Crippen LogP contribution in [-0.4, -0.2) is 5.91 Å². The van der Waals surface area contributed by atoms with E-state index in [0.29, 0.717) is 17.3 Å². The van der Waals surface area contributed by atoms with E-state index in [1.54, 1.807) is 0 Å². The second kappa shape index (κ2) is 4.12. The summed E-state index contributed by atoms with van der Waals surface area (Å²) in [6.07, 6.45) is 4.27. The Kier molecular flexibility index (Phi) is 2.62. The number of rotatable bonds is 2. The van der Waals surface area contributed by atoms with Crippen LogP contribution >= 0.6 is 0 Å². The summed E-state index contributed by atoms with van der Waals surface area (Å²) in [5.74, 6) is 2.66. The second-order valence-corrected chi connectivity index (χ2v) is 8.30. The molecule has 0 saturated heterocycles. The molecule has 2 bridgehead atoms.